The summed E-state index contributed by atoms with van der Waals surface area (Å²) in [6.07, 6.45) is 1.92. The molecule has 0 atom stereocenters. The summed E-state index contributed by atoms with van der Waals surface area (Å²) >= 11 is 0. The van der Waals surface area contributed by atoms with Gasteiger partial charge in [-0.3, -0.25) is 0 Å². The van der Waals surface area contributed by atoms with Crippen molar-refractivity contribution in [3.8, 4) is 51.0 Å². The standard InChI is InChI=1S/C24H24O5/c1-15(2)10-11-29-22-9-6-17(12-20(22)26)24-21(27)13-18(14-23(24)28-3)16-4-7-19(25)8-5-16/h4-10,12-14,25-27H,11H2,1-3H3. The fourth-order valence-electron chi connectivity index (χ4n) is 2.97. The van der Waals surface area contributed by atoms with Gasteiger partial charge in [0, 0.05) is 0 Å². The largest absolute Gasteiger partial charge is 0.508 e. The van der Waals surface area contributed by atoms with Crippen molar-refractivity contribution in [1.82, 2.24) is 0 Å². The first kappa shape index (κ1) is 20.1. The Balaban J connectivity index is 1.97. The number of methoxy groups -OCH3 is 1. The van der Waals surface area contributed by atoms with Gasteiger partial charge in [0.05, 0.1) is 12.7 Å². The number of aromatic hydroxyl groups is 3. The van der Waals surface area contributed by atoms with Crippen LogP contribution in [0.25, 0.3) is 22.3 Å². The van der Waals surface area contributed by atoms with E-state index in [2.05, 4.69) is 0 Å². The SMILES string of the molecule is COc1cc(-c2ccc(O)cc2)cc(O)c1-c1ccc(OCC=C(C)C)c(O)c1. The Morgan fingerprint density at radius 1 is 0.793 bits per heavy atom. The van der Waals surface area contributed by atoms with Crippen molar-refractivity contribution in [2.75, 3.05) is 13.7 Å². The van der Waals surface area contributed by atoms with Crippen molar-refractivity contribution >= 4 is 0 Å². The van der Waals surface area contributed by atoms with Crippen LogP contribution < -0.4 is 9.47 Å². The topological polar surface area (TPSA) is 79.2 Å². The predicted octanol–water partition coefficient (Wildman–Crippen LogP) is 5.49. The predicted molar refractivity (Wildman–Crippen MR) is 114 cm³/mol. The number of benzene rings is 3. The van der Waals surface area contributed by atoms with E-state index >= 15 is 0 Å². The second-order valence-corrected chi connectivity index (χ2v) is 6.89. The van der Waals surface area contributed by atoms with Gasteiger partial charge in [-0.2, -0.15) is 0 Å². The van der Waals surface area contributed by atoms with Gasteiger partial charge in [-0.15, -0.1) is 0 Å². The van der Waals surface area contributed by atoms with Crippen molar-refractivity contribution in [2.24, 2.45) is 0 Å². The zero-order chi connectivity index (χ0) is 21.0. The van der Waals surface area contributed by atoms with Crippen LogP contribution in [0, 0.1) is 0 Å². The molecule has 150 valence electrons. The van der Waals surface area contributed by atoms with E-state index in [1.807, 2.05) is 19.9 Å². The summed E-state index contributed by atoms with van der Waals surface area (Å²) in [5.74, 6) is 0.999. The summed E-state index contributed by atoms with van der Waals surface area (Å²) in [5, 5.41) is 30.5. The lowest BCUT2D eigenvalue weighted by Gasteiger charge is -2.15. The summed E-state index contributed by atoms with van der Waals surface area (Å²) < 4.78 is 11.1. The molecule has 0 aliphatic heterocycles. The summed E-state index contributed by atoms with van der Waals surface area (Å²) in [7, 11) is 1.52. The third kappa shape index (κ3) is 4.63. The van der Waals surface area contributed by atoms with E-state index in [1.165, 1.54) is 13.2 Å². The van der Waals surface area contributed by atoms with Crippen LogP contribution in [0.2, 0.25) is 0 Å². The molecule has 0 aliphatic carbocycles. The molecule has 0 unspecified atom stereocenters. The normalized spacial score (nSPS) is 10.4. The molecule has 3 rings (SSSR count). The maximum atomic E-state index is 10.7. The molecule has 5 nitrogen and oxygen atoms in total. The van der Waals surface area contributed by atoms with E-state index in [0.717, 1.165) is 16.7 Å². The number of hydrogen-bond acceptors (Lipinski definition) is 5. The minimum Gasteiger partial charge on any atom is -0.508 e. The van der Waals surface area contributed by atoms with E-state index in [1.54, 1.807) is 48.5 Å². The molecule has 3 aromatic carbocycles. The zero-order valence-corrected chi connectivity index (χ0v) is 16.6. The third-order valence-corrected chi connectivity index (χ3v) is 4.48. The molecule has 0 heterocycles. The molecule has 0 saturated heterocycles. The van der Waals surface area contributed by atoms with Crippen LogP contribution >= 0.6 is 0 Å². The van der Waals surface area contributed by atoms with Crippen LogP contribution in [-0.4, -0.2) is 29.0 Å². The Hall–Kier alpha value is -3.60. The number of rotatable bonds is 6. The lowest BCUT2D eigenvalue weighted by molar-refractivity contribution is 0.335. The van der Waals surface area contributed by atoms with Gasteiger partial charge in [-0.25, -0.2) is 0 Å². The first-order valence-electron chi connectivity index (χ1n) is 9.19. The minimum atomic E-state index is -0.0197. The van der Waals surface area contributed by atoms with Gasteiger partial charge < -0.3 is 24.8 Å². The molecule has 0 amide bonds. The Labute approximate surface area is 170 Å². The Bertz CT molecular complexity index is 1030. The molecule has 0 aromatic heterocycles. The second-order valence-electron chi connectivity index (χ2n) is 6.89. The smallest absolute Gasteiger partial charge is 0.161 e. The molecule has 0 bridgehead atoms. The molecule has 0 aliphatic rings. The van der Waals surface area contributed by atoms with E-state index in [0.29, 0.717) is 29.2 Å². The second kappa shape index (κ2) is 8.61. The highest BCUT2D eigenvalue weighted by Gasteiger charge is 2.16. The van der Waals surface area contributed by atoms with Crippen LogP contribution in [-0.2, 0) is 0 Å². The van der Waals surface area contributed by atoms with Crippen LogP contribution in [0.4, 0.5) is 0 Å². The van der Waals surface area contributed by atoms with E-state index in [-0.39, 0.29) is 17.2 Å². The summed E-state index contributed by atoms with van der Waals surface area (Å²) in [6.45, 7) is 4.32. The van der Waals surface area contributed by atoms with Gasteiger partial charge >= 0.3 is 0 Å². The number of allylic oxidation sites excluding steroid dienone is 1. The fraction of sp³-hybridized carbons (Fsp3) is 0.167. The van der Waals surface area contributed by atoms with Crippen LogP contribution in [0.15, 0.2) is 66.2 Å². The van der Waals surface area contributed by atoms with Gasteiger partial charge in [0.2, 0.25) is 0 Å². The number of phenolic OH excluding ortho intramolecular Hbond substituents is 3. The van der Waals surface area contributed by atoms with Crippen molar-refractivity contribution in [3.05, 3.63) is 66.2 Å². The lowest BCUT2D eigenvalue weighted by Crippen LogP contribution is -1.95. The molecular formula is C24H24O5. The van der Waals surface area contributed by atoms with E-state index < -0.39 is 0 Å². The Kier molecular flexibility index (Phi) is 5.98. The molecule has 0 radical (unpaired) electrons. The third-order valence-electron chi connectivity index (χ3n) is 4.48. The van der Waals surface area contributed by atoms with Crippen molar-refractivity contribution < 1.29 is 24.8 Å². The number of hydrogen-bond donors (Lipinski definition) is 3. The molecule has 3 N–H and O–H groups in total. The minimum absolute atomic E-state index is 0.0186. The Morgan fingerprint density at radius 2 is 1.45 bits per heavy atom. The van der Waals surface area contributed by atoms with Crippen molar-refractivity contribution in [2.45, 2.75) is 13.8 Å². The molecular weight excluding hydrogens is 368 g/mol. The van der Waals surface area contributed by atoms with Gasteiger partial charge in [0.15, 0.2) is 11.5 Å². The highest BCUT2D eigenvalue weighted by Crippen LogP contribution is 2.43. The van der Waals surface area contributed by atoms with Crippen LogP contribution in [0.3, 0.4) is 0 Å². The van der Waals surface area contributed by atoms with Crippen molar-refractivity contribution in [3.63, 3.8) is 0 Å². The quantitative estimate of drug-likeness (QED) is 0.483. The van der Waals surface area contributed by atoms with Gasteiger partial charge in [0.1, 0.15) is 23.9 Å². The summed E-state index contributed by atoms with van der Waals surface area (Å²) in [4.78, 5) is 0. The van der Waals surface area contributed by atoms with Crippen molar-refractivity contribution in [1.29, 1.82) is 0 Å². The first-order chi connectivity index (χ1) is 13.9. The molecule has 29 heavy (non-hydrogen) atoms. The Morgan fingerprint density at radius 3 is 2.07 bits per heavy atom. The van der Waals surface area contributed by atoms with Gasteiger partial charge in [-0.05, 0) is 73.0 Å². The van der Waals surface area contributed by atoms with Gasteiger partial charge in [0.25, 0.3) is 0 Å². The molecule has 3 aromatic rings. The van der Waals surface area contributed by atoms with Gasteiger partial charge in [-0.1, -0.05) is 23.8 Å². The van der Waals surface area contributed by atoms with Crippen LogP contribution in [0.1, 0.15) is 13.8 Å². The molecule has 0 fully saturated rings. The van der Waals surface area contributed by atoms with Crippen LogP contribution in [0.5, 0.6) is 28.7 Å². The number of ether oxygens (including phenoxy) is 2. The maximum Gasteiger partial charge on any atom is 0.161 e. The fourth-order valence-corrected chi connectivity index (χ4v) is 2.97. The average molecular weight is 392 g/mol. The maximum absolute atomic E-state index is 10.7. The number of phenols is 3. The first-order valence-corrected chi connectivity index (χ1v) is 9.19. The molecule has 5 heteroatoms. The average Bonchev–Trinajstić information content (AvgIpc) is 2.69. The summed E-state index contributed by atoms with van der Waals surface area (Å²) in [5.41, 5.74) is 3.78. The highest BCUT2D eigenvalue weighted by atomic mass is 16.5. The molecule has 0 spiro atoms. The lowest BCUT2D eigenvalue weighted by atomic mass is 9.97. The van der Waals surface area contributed by atoms with E-state index in [4.69, 9.17) is 9.47 Å². The zero-order valence-electron chi connectivity index (χ0n) is 16.6. The van der Waals surface area contributed by atoms with E-state index in [9.17, 15) is 15.3 Å². The molecule has 0 saturated carbocycles. The highest BCUT2D eigenvalue weighted by molar-refractivity contribution is 5.82. The monoisotopic (exact) mass is 392 g/mol. The summed E-state index contributed by atoms with van der Waals surface area (Å²) in [6, 6.07) is 15.1.